The first-order valence-corrected chi connectivity index (χ1v) is 6.05. The van der Waals surface area contributed by atoms with Gasteiger partial charge >= 0.3 is 18.1 Å². The van der Waals surface area contributed by atoms with Gasteiger partial charge < -0.3 is 15.0 Å². The number of rotatable bonds is 5. The molecule has 2 heterocycles. The third-order valence-electron chi connectivity index (χ3n) is 2.68. The number of carboxylic acids is 1. The lowest BCUT2D eigenvalue weighted by Crippen LogP contribution is -2.30. The first kappa shape index (κ1) is 15.7. The maximum Gasteiger partial charge on any atom is 0.471 e. The molecule has 0 aliphatic rings. The Morgan fingerprint density at radius 3 is 2.64 bits per heavy atom. The van der Waals surface area contributed by atoms with Crippen molar-refractivity contribution in [3.63, 3.8) is 0 Å². The lowest BCUT2D eigenvalue weighted by Gasteiger charge is -2.07. The van der Waals surface area contributed by atoms with Gasteiger partial charge in [0, 0.05) is 13.0 Å². The number of alkyl halides is 3. The van der Waals surface area contributed by atoms with Gasteiger partial charge in [0.25, 0.3) is 0 Å². The Bertz CT molecular complexity index is 713. The monoisotopic (exact) mass is 317 g/mol. The quantitative estimate of drug-likeness (QED) is 0.857. The van der Waals surface area contributed by atoms with Gasteiger partial charge in [-0.2, -0.15) is 13.2 Å². The summed E-state index contributed by atoms with van der Waals surface area (Å²) >= 11 is 0. The highest BCUT2D eigenvalue weighted by Crippen LogP contribution is 2.21. The maximum atomic E-state index is 12.2. The Hall–Kier alpha value is -2.72. The van der Waals surface area contributed by atoms with E-state index in [0.717, 1.165) is 6.33 Å². The van der Waals surface area contributed by atoms with E-state index in [1.54, 1.807) is 5.32 Å². The number of amides is 1. The van der Waals surface area contributed by atoms with Crippen molar-refractivity contribution in [1.29, 1.82) is 0 Å². The minimum atomic E-state index is -5.04. The molecule has 0 saturated carbocycles. The minimum absolute atomic E-state index is 0.00424. The Kier molecular flexibility index (Phi) is 4.24. The Balaban J connectivity index is 2.22. The summed E-state index contributed by atoms with van der Waals surface area (Å²) in [6.45, 7) is 0.270. The van der Waals surface area contributed by atoms with Gasteiger partial charge in [-0.1, -0.05) is 0 Å². The molecule has 11 heteroatoms. The summed E-state index contributed by atoms with van der Waals surface area (Å²) in [6.07, 6.45) is -2.52. The molecule has 22 heavy (non-hydrogen) atoms. The van der Waals surface area contributed by atoms with Crippen molar-refractivity contribution in [3.05, 3.63) is 12.7 Å². The highest BCUT2D eigenvalue weighted by atomic mass is 19.4. The molecule has 2 N–H and O–H groups in total. The first-order chi connectivity index (χ1) is 10.3. The number of aromatic nitrogens is 4. The molecule has 0 aliphatic carbocycles. The third-order valence-corrected chi connectivity index (χ3v) is 2.68. The van der Waals surface area contributed by atoms with Crippen molar-refractivity contribution in [3.8, 4) is 0 Å². The van der Waals surface area contributed by atoms with Gasteiger partial charge in [-0.3, -0.25) is 9.59 Å². The van der Waals surface area contributed by atoms with E-state index in [9.17, 15) is 22.8 Å². The second kappa shape index (κ2) is 5.95. The third kappa shape index (κ3) is 3.48. The summed E-state index contributed by atoms with van der Waals surface area (Å²) in [6, 6.07) is 0. The fraction of sp³-hybridized carbons (Fsp3) is 0.364. The summed E-state index contributed by atoms with van der Waals surface area (Å²) < 4.78 is 38.2. The second-order valence-electron chi connectivity index (χ2n) is 4.28. The molecular weight excluding hydrogens is 307 g/mol. The van der Waals surface area contributed by atoms with Crippen LogP contribution in [0.5, 0.6) is 0 Å². The van der Waals surface area contributed by atoms with Crippen molar-refractivity contribution in [2.45, 2.75) is 25.6 Å². The van der Waals surface area contributed by atoms with Crippen LogP contribution in [0.2, 0.25) is 0 Å². The largest absolute Gasteiger partial charge is 0.481 e. The fourth-order valence-corrected chi connectivity index (χ4v) is 1.71. The van der Waals surface area contributed by atoms with E-state index in [4.69, 9.17) is 5.11 Å². The summed E-state index contributed by atoms with van der Waals surface area (Å²) in [5.41, 5.74) is 0.202. The zero-order valence-electron chi connectivity index (χ0n) is 11.0. The molecule has 0 spiro atoms. The molecule has 2 rings (SSSR count). The van der Waals surface area contributed by atoms with E-state index in [0.29, 0.717) is 6.42 Å². The molecule has 0 atom stereocenters. The van der Waals surface area contributed by atoms with Gasteiger partial charge in [0.2, 0.25) is 0 Å². The molecule has 1 amide bonds. The molecule has 0 saturated heterocycles. The number of carbonyl (C=O) groups is 2. The van der Waals surface area contributed by atoms with Crippen LogP contribution in [0.3, 0.4) is 0 Å². The number of imidazole rings is 1. The minimum Gasteiger partial charge on any atom is -0.481 e. The molecule has 0 unspecified atom stereocenters. The number of carboxylic acid groups (broad SMARTS) is 1. The summed E-state index contributed by atoms with van der Waals surface area (Å²) in [5, 5.41) is 10.2. The number of aryl methyl sites for hydroxylation is 1. The predicted octanol–water partition coefficient (Wildman–Crippen LogP) is 1.19. The molecule has 0 radical (unpaired) electrons. The normalized spacial score (nSPS) is 11.6. The number of carbonyl (C=O) groups excluding carboxylic acids is 1. The van der Waals surface area contributed by atoms with Crippen LogP contribution in [0.1, 0.15) is 12.8 Å². The standard InChI is InChI=1S/C11H10F3N5O3/c12-11(13,14)10(22)18-8-7-9(16-4-15-8)19(5-17-7)3-1-2-6(20)21/h4-5H,1-3H2,(H,20,21)(H,15,16,18,22). The van der Waals surface area contributed by atoms with E-state index >= 15 is 0 Å². The number of anilines is 1. The molecule has 0 bridgehead atoms. The molecule has 0 aromatic carbocycles. The topological polar surface area (TPSA) is 110 Å². The van der Waals surface area contributed by atoms with Crippen molar-refractivity contribution in [1.82, 2.24) is 19.5 Å². The van der Waals surface area contributed by atoms with Crippen LogP contribution in [0.15, 0.2) is 12.7 Å². The average molecular weight is 317 g/mol. The van der Waals surface area contributed by atoms with Gasteiger partial charge in [0.05, 0.1) is 6.33 Å². The van der Waals surface area contributed by atoms with Crippen LogP contribution >= 0.6 is 0 Å². The number of hydrogen-bond donors (Lipinski definition) is 2. The molecule has 2 aromatic heterocycles. The van der Waals surface area contributed by atoms with Crippen LogP contribution in [0.4, 0.5) is 19.0 Å². The number of nitrogens with one attached hydrogen (secondary N) is 1. The number of hydrogen-bond acceptors (Lipinski definition) is 5. The molecular formula is C11H10F3N5O3. The molecule has 2 aromatic rings. The van der Waals surface area contributed by atoms with E-state index in [1.807, 2.05) is 0 Å². The van der Waals surface area contributed by atoms with Crippen molar-refractivity contribution < 1.29 is 27.9 Å². The average Bonchev–Trinajstić information content (AvgIpc) is 2.82. The van der Waals surface area contributed by atoms with Gasteiger partial charge in [-0.05, 0) is 6.42 Å². The van der Waals surface area contributed by atoms with Crippen LogP contribution in [-0.2, 0) is 16.1 Å². The highest BCUT2D eigenvalue weighted by Gasteiger charge is 2.39. The van der Waals surface area contributed by atoms with Crippen LogP contribution in [-0.4, -0.2) is 42.7 Å². The van der Waals surface area contributed by atoms with E-state index in [2.05, 4.69) is 15.0 Å². The zero-order valence-corrected chi connectivity index (χ0v) is 11.0. The van der Waals surface area contributed by atoms with E-state index in [1.165, 1.54) is 10.9 Å². The van der Waals surface area contributed by atoms with Gasteiger partial charge in [-0.25, -0.2) is 15.0 Å². The lowest BCUT2D eigenvalue weighted by atomic mass is 10.3. The van der Waals surface area contributed by atoms with Gasteiger partial charge in [-0.15, -0.1) is 0 Å². The van der Waals surface area contributed by atoms with Crippen molar-refractivity contribution in [2.75, 3.05) is 5.32 Å². The Labute approximate surface area is 121 Å². The molecule has 8 nitrogen and oxygen atoms in total. The van der Waals surface area contributed by atoms with Crippen molar-refractivity contribution in [2.24, 2.45) is 0 Å². The first-order valence-electron chi connectivity index (χ1n) is 6.05. The number of halogens is 3. The second-order valence-corrected chi connectivity index (χ2v) is 4.28. The fourth-order valence-electron chi connectivity index (χ4n) is 1.71. The Morgan fingerprint density at radius 2 is 2.00 bits per heavy atom. The van der Waals surface area contributed by atoms with E-state index in [-0.39, 0.29) is 29.9 Å². The summed E-state index contributed by atoms with van der Waals surface area (Å²) in [5.74, 6) is -3.48. The van der Waals surface area contributed by atoms with E-state index < -0.39 is 18.1 Å². The zero-order chi connectivity index (χ0) is 16.3. The van der Waals surface area contributed by atoms with Crippen LogP contribution in [0.25, 0.3) is 11.2 Å². The number of fused-ring (bicyclic) bond motifs is 1. The van der Waals surface area contributed by atoms with Crippen LogP contribution < -0.4 is 5.32 Å². The molecule has 0 fully saturated rings. The smallest absolute Gasteiger partial charge is 0.471 e. The summed E-state index contributed by atoms with van der Waals surface area (Å²) in [4.78, 5) is 32.7. The number of aliphatic carboxylic acids is 1. The van der Waals surface area contributed by atoms with Crippen molar-refractivity contribution >= 4 is 28.9 Å². The lowest BCUT2D eigenvalue weighted by molar-refractivity contribution is -0.167. The SMILES string of the molecule is O=C(O)CCCn1cnc2c(NC(=O)C(F)(F)F)ncnc21. The summed E-state index contributed by atoms with van der Waals surface area (Å²) in [7, 11) is 0. The van der Waals surface area contributed by atoms with Gasteiger partial charge in [0.1, 0.15) is 6.33 Å². The highest BCUT2D eigenvalue weighted by molar-refractivity contribution is 5.99. The van der Waals surface area contributed by atoms with Gasteiger partial charge in [0.15, 0.2) is 17.0 Å². The predicted molar refractivity (Wildman–Crippen MR) is 66.9 cm³/mol. The molecule has 118 valence electrons. The van der Waals surface area contributed by atoms with Crippen LogP contribution in [0, 0.1) is 0 Å². The Morgan fingerprint density at radius 1 is 1.27 bits per heavy atom. The number of nitrogens with zero attached hydrogens (tertiary/aromatic N) is 4. The maximum absolute atomic E-state index is 12.2. The molecule has 0 aliphatic heterocycles.